The zero-order valence-electron chi connectivity index (χ0n) is 18.0. The lowest BCUT2D eigenvalue weighted by molar-refractivity contribution is -0.0817. The predicted octanol–water partition coefficient (Wildman–Crippen LogP) is 3.06. The van der Waals surface area contributed by atoms with Gasteiger partial charge in [-0.2, -0.15) is 5.10 Å². The van der Waals surface area contributed by atoms with Crippen molar-refractivity contribution in [2.24, 2.45) is 4.99 Å². The van der Waals surface area contributed by atoms with Crippen molar-refractivity contribution in [1.82, 2.24) is 20.0 Å². The zero-order valence-corrected chi connectivity index (χ0v) is 20.3. The maximum atomic E-state index is 5.98. The van der Waals surface area contributed by atoms with Gasteiger partial charge in [0.15, 0.2) is 5.96 Å². The zero-order chi connectivity index (χ0) is 20.2. The molecular formula is C22H32IN5O2. The average Bonchev–Trinajstić information content (AvgIpc) is 3.39. The van der Waals surface area contributed by atoms with E-state index in [0.29, 0.717) is 13.2 Å². The molecule has 3 heterocycles. The first-order chi connectivity index (χ1) is 14.2. The number of morpholine rings is 1. The van der Waals surface area contributed by atoms with Crippen LogP contribution in [0.4, 0.5) is 0 Å². The van der Waals surface area contributed by atoms with Crippen LogP contribution in [0.1, 0.15) is 29.8 Å². The molecule has 0 radical (unpaired) electrons. The third-order valence-electron chi connectivity index (χ3n) is 5.85. The van der Waals surface area contributed by atoms with Crippen molar-refractivity contribution in [3.63, 3.8) is 0 Å². The fourth-order valence-corrected chi connectivity index (χ4v) is 4.24. The monoisotopic (exact) mass is 525 g/mol. The van der Waals surface area contributed by atoms with Crippen LogP contribution in [0.15, 0.2) is 35.3 Å². The minimum atomic E-state index is 0. The molecular weight excluding hydrogens is 493 g/mol. The van der Waals surface area contributed by atoms with E-state index >= 15 is 0 Å². The topological polar surface area (TPSA) is 63.9 Å². The van der Waals surface area contributed by atoms with Crippen molar-refractivity contribution >= 4 is 29.9 Å². The van der Waals surface area contributed by atoms with E-state index in [9.17, 15) is 0 Å². The number of guanidine groups is 1. The van der Waals surface area contributed by atoms with Gasteiger partial charge in [-0.05, 0) is 38.8 Å². The molecule has 2 fully saturated rings. The second-order valence-electron chi connectivity index (χ2n) is 7.70. The largest absolute Gasteiger partial charge is 0.375 e. The normalized spacial score (nSPS) is 22.1. The SMILES string of the molecule is CN=C(NCc1c(C)nn(-c2ccccc2)c1C)N1CCOC(C2CCCO2)C1.I. The highest BCUT2D eigenvalue weighted by molar-refractivity contribution is 14.0. The van der Waals surface area contributed by atoms with Gasteiger partial charge in [0, 0.05) is 44.5 Å². The molecule has 8 heteroatoms. The van der Waals surface area contributed by atoms with E-state index in [1.807, 2.05) is 29.9 Å². The number of benzene rings is 1. The molecule has 1 aromatic carbocycles. The molecule has 1 N–H and O–H groups in total. The number of hydrogen-bond acceptors (Lipinski definition) is 4. The summed E-state index contributed by atoms with van der Waals surface area (Å²) in [5, 5.41) is 8.29. The van der Waals surface area contributed by atoms with Crippen LogP contribution in [-0.4, -0.2) is 66.2 Å². The molecule has 4 rings (SSSR count). The highest BCUT2D eigenvalue weighted by Gasteiger charge is 2.32. The third kappa shape index (κ3) is 4.97. The molecule has 2 atom stereocenters. The Balaban J connectivity index is 0.00000256. The number of halogens is 1. The molecule has 0 saturated carbocycles. The Morgan fingerprint density at radius 3 is 2.63 bits per heavy atom. The van der Waals surface area contributed by atoms with Crippen LogP contribution in [-0.2, 0) is 16.0 Å². The van der Waals surface area contributed by atoms with E-state index in [1.54, 1.807) is 0 Å². The van der Waals surface area contributed by atoms with Gasteiger partial charge in [-0.3, -0.25) is 4.99 Å². The summed E-state index contributed by atoms with van der Waals surface area (Å²) in [6.45, 7) is 8.08. The number of nitrogens with zero attached hydrogens (tertiary/aromatic N) is 4. The Bertz CT molecular complexity index is 849. The second kappa shape index (κ2) is 10.6. The molecule has 0 aliphatic carbocycles. The van der Waals surface area contributed by atoms with E-state index in [4.69, 9.17) is 14.6 Å². The molecule has 2 aliphatic heterocycles. The van der Waals surface area contributed by atoms with E-state index in [0.717, 1.165) is 55.6 Å². The average molecular weight is 525 g/mol. The summed E-state index contributed by atoms with van der Waals surface area (Å²) in [5.74, 6) is 0.905. The van der Waals surface area contributed by atoms with E-state index in [-0.39, 0.29) is 36.2 Å². The first-order valence-corrected chi connectivity index (χ1v) is 10.5. The lowest BCUT2D eigenvalue weighted by atomic mass is 10.1. The molecule has 7 nitrogen and oxygen atoms in total. The van der Waals surface area contributed by atoms with Gasteiger partial charge in [0.1, 0.15) is 6.10 Å². The maximum absolute atomic E-state index is 5.98. The van der Waals surface area contributed by atoms with Gasteiger partial charge in [-0.25, -0.2) is 4.68 Å². The molecule has 2 saturated heterocycles. The minimum Gasteiger partial charge on any atom is -0.375 e. The molecule has 0 amide bonds. The summed E-state index contributed by atoms with van der Waals surface area (Å²) in [6, 6.07) is 10.2. The minimum absolute atomic E-state index is 0. The summed E-state index contributed by atoms with van der Waals surface area (Å²) in [4.78, 5) is 6.80. The maximum Gasteiger partial charge on any atom is 0.194 e. The van der Waals surface area contributed by atoms with Gasteiger partial charge in [0.05, 0.1) is 24.1 Å². The fraction of sp³-hybridized carbons (Fsp3) is 0.545. The Morgan fingerprint density at radius 2 is 1.93 bits per heavy atom. The van der Waals surface area contributed by atoms with Crippen LogP contribution in [0.2, 0.25) is 0 Å². The highest BCUT2D eigenvalue weighted by atomic mass is 127. The molecule has 164 valence electrons. The van der Waals surface area contributed by atoms with Crippen molar-refractivity contribution in [3.05, 3.63) is 47.3 Å². The van der Waals surface area contributed by atoms with Crippen LogP contribution < -0.4 is 5.32 Å². The van der Waals surface area contributed by atoms with Crippen molar-refractivity contribution in [1.29, 1.82) is 0 Å². The summed E-state index contributed by atoms with van der Waals surface area (Å²) in [5.41, 5.74) is 4.47. The smallest absolute Gasteiger partial charge is 0.194 e. The Kier molecular flexibility index (Phi) is 8.13. The number of rotatable bonds is 4. The van der Waals surface area contributed by atoms with Crippen LogP contribution in [0.5, 0.6) is 0 Å². The number of ether oxygens (including phenoxy) is 2. The van der Waals surface area contributed by atoms with Gasteiger partial charge in [0.2, 0.25) is 0 Å². The first kappa shape index (κ1) is 23.0. The van der Waals surface area contributed by atoms with Crippen LogP contribution in [0.25, 0.3) is 5.69 Å². The number of aromatic nitrogens is 2. The van der Waals surface area contributed by atoms with Crippen molar-refractivity contribution in [2.75, 3.05) is 33.4 Å². The number of aryl methyl sites for hydroxylation is 1. The fourth-order valence-electron chi connectivity index (χ4n) is 4.24. The van der Waals surface area contributed by atoms with Gasteiger partial charge >= 0.3 is 0 Å². The van der Waals surface area contributed by atoms with Crippen molar-refractivity contribution in [3.8, 4) is 5.69 Å². The number of hydrogen-bond donors (Lipinski definition) is 1. The van der Waals surface area contributed by atoms with Crippen LogP contribution >= 0.6 is 24.0 Å². The quantitative estimate of drug-likeness (QED) is 0.378. The standard InChI is InChI=1S/C22H31N5O2.HI/c1-16-19(17(2)27(25-16)18-8-5-4-6-9-18)14-24-22(23-3)26-11-13-29-21(15-26)20-10-7-12-28-20;/h4-6,8-9,20-21H,7,10-15H2,1-3H3,(H,23,24);1H. The summed E-state index contributed by atoms with van der Waals surface area (Å²) >= 11 is 0. The van der Waals surface area contributed by atoms with Gasteiger partial charge in [-0.1, -0.05) is 18.2 Å². The Hall–Kier alpha value is -1.65. The number of para-hydroxylation sites is 1. The molecule has 1 aromatic heterocycles. The molecule has 0 spiro atoms. The Morgan fingerprint density at radius 1 is 1.17 bits per heavy atom. The van der Waals surface area contributed by atoms with Crippen molar-refractivity contribution in [2.45, 2.75) is 45.4 Å². The van der Waals surface area contributed by atoms with Crippen LogP contribution in [0, 0.1) is 13.8 Å². The van der Waals surface area contributed by atoms with Gasteiger partial charge in [-0.15, -0.1) is 24.0 Å². The van der Waals surface area contributed by atoms with Gasteiger partial charge < -0.3 is 19.7 Å². The summed E-state index contributed by atoms with van der Waals surface area (Å²) in [6.07, 6.45) is 2.54. The van der Waals surface area contributed by atoms with Crippen molar-refractivity contribution < 1.29 is 9.47 Å². The molecule has 2 aromatic rings. The van der Waals surface area contributed by atoms with E-state index < -0.39 is 0 Å². The highest BCUT2D eigenvalue weighted by Crippen LogP contribution is 2.21. The number of nitrogens with one attached hydrogen (secondary N) is 1. The second-order valence-corrected chi connectivity index (χ2v) is 7.70. The first-order valence-electron chi connectivity index (χ1n) is 10.5. The van der Waals surface area contributed by atoms with E-state index in [1.165, 1.54) is 5.56 Å². The molecule has 30 heavy (non-hydrogen) atoms. The lowest BCUT2D eigenvalue weighted by Gasteiger charge is -2.37. The predicted molar refractivity (Wildman–Crippen MR) is 129 cm³/mol. The summed E-state index contributed by atoms with van der Waals surface area (Å²) in [7, 11) is 1.84. The lowest BCUT2D eigenvalue weighted by Crippen LogP contribution is -2.53. The van der Waals surface area contributed by atoms with Crippen LogP contribution in [0.3, 0.4) is 0 Å². The van der Waals surface area contributed by atoms with E-state index in [2.05, 4.69) is 41.2 Å². The number of aliphatic imine (C=N–C) groups is 1. The van der Waals surface area contributed by atoms with Gasteiger partial charge in [0.25, 0.3) is 0 Å². The Labute approximate surface area is 195 Å². The molecule has 2 aliphatic rings. The molecule has 0 bridgehead atoms. The third-order valence-corrected chi connectivity index (χ3v) is 5.85. The summed E-state index contributed by atoms with van der Waals surface area (Å²) < 4.78 is 13.8. The molecule has 2 unspecified atom stereocenters.